The van der Waals surface area contributed by atoms with Gasteiger partial charge < -0.3 is 14.8 Å². The number of fused-ring (bicyclic) bond motifs is 1. The van der Waals surface area contributed by atoms with Crippen LogP contribution in [0.5, 0.6) is 5.75 Å². The van der Waals surface area contributed by atoms with Gasteiger partial charge in [0.25, 0.3) is 20.2 Å². The highest BCUT2D eigenvalue weighted by Gasteiger charge is 2.36. The van der Waals surface area contributed by atoms with Gasteiger partial charge in [-0.15, -0.1) is 0 Å². The Bertz CT molecular complexity index is 1190. The molecule has 3 N–H and O–H groups in total. The molecule has 13 heteroatoms. The maximum atomic E-state index is 9.19. The summed E-state index contributed by atoms with van der Waals surface area (Å²) in [5.41, 5.74) is 2.88. The molecule has 0 aromatic heterocycles. The van der Waals surface area contributed by atoms with E-state index in [1.807, 2.05) is 36.4 Å². The zero-order valence-corrected chi connectivity index (χ0v) is 21.7. The molecule has 2 aliphatic rings. The van der Waals surface area contributed by atoms with Gasteiger partial charge in [-0.3, -0.25) is 14.0 Å². The van der Waals surface area contributed by atoms with Crippen molar-refractivity contribution in [1.82, 2.24) is 10.2 Å². The number of rotatable bonds is 4. The Morgan fingerprint density at radius 1 is 1.06 bits per heavy atom. The lowest BCUT2D eigenvalue weighted by Gasteiger charge is -2.42. The second kappa shape index (κ2) is 13.7. The van der Waals surface area contributed by atoms with E-state index in [9.17, 15) is 16.8 Å². The first-order chi connectivity index (χ1) is 16.8. The molecule has 0 saturated carbocycles. The molecule has 2 heterocycles. The van der Waals surface area contributed by atoms with Gasteiger partial charge >= 0.3 is 0 Å². The summed E-state index contributed by atoms with van der Waals surface area (Å²) >= 11 is 0. The summed E-state index contributed by atoms with van der Waals surface area (Å²) in [6.45, 7) is 5.02. The third-order valence-electron chi connectivity index (χ3n) is 5.06. The minimum Gasteiger partial charge on any atom is -0.490 e. The van der Waals surface area contributed by atoms with Crippen LogP contribution in [-0.2, 0) is 31.6 Å². The zero-order chi connectivity index (χ0) is 26.8. The maximum absolute atomic E-state index is 9.19. The van der Waals surface area contributed by atoms with E-state index >= 15 is 0 Å². The molecule has 0 radical (unpaired) electrons. The second-order valence-electron chi connectivity index (χ2n) is 8.21. The minimum absolute atomic E-state index is 0.0336. The summed E-state index contributed by atoms with van der Waals surface area (Å²) in [5, 5.41) is 12.5. The molecule has 1 fully saturated rings. The average Bonchev–Trinajstić information content (AvgIpc) is 2.81. The molecule has 0 spiro atoms. The third-order valence-corrected chi connectivity index (χ3v) is 5.06. The summed E-state index contributed by atoms with van der Waals surface area (Å²) in [6.07, 6.45) is 1.40. The minimum atomic E-state index is -3.67. The van der Waals surface area contributed by atoms with Gasteiger partial charge in [0.2, 0.25) is 0 Å². The van der Waals surface area contributed by atoms with Gasteiger partial charge in [-0.1, -0.05) is 30.3 Å². The molecule has 2 atom stereocenters. The smallest absolute Gasteiger partial charge is 0.261 e. The van der Waals surface area contributed by atoms with Crippen molar-refractivity contribution in [2.75, 3.05) is 45.3 Å². The van der Waals surface area contributed by atoms with Gasteiger partial charge in [0.1, 0.15) is 18.5 Å². The molecule has 0 amide bonds. The summed E-state index contributed by atoms with van der Waals surface area (Å²) in [6, 6.07) is 18.2. The Morgan fingerprint density at radius 3 is 2.28 bits per heavy atom. The number of ether oxygens (including phenoxy) is 2. The van der Waals surface area contributed by atoms with Crippen molar-refractivity contribution in [3.05, 3.63) is 65.2 Å². The van der Waals surface area contributed by atoms with Gasteiger partial charge in [-0.2, -0.15) is 22.1 Å². The summed E-state index contributed by atoms with van der Waals surface area (Å²) in [5.74, 6) is 0.961. The fourth-order valence-electron chi connectivity index (χ4n) is 3.78. The fraction of sp³-hybridized carbons (Fsp3) is 0.435. The number of nitriles is 1. The van der Waals surface area contributed by atoms with E-state index in [4.69, 9.17) is 23.8 Å². The second-order valence-corrected chi connectivity index (χ2v) is 11.1. The summed E-state index contributed by atoms with van der Waals surface area (Å²) in [4.78, 5) is 2.49. The number of hydrogen-bond acceptors (Lipinski definition) is 9. The topological polar surface area (TPSA) is 166 Å². The van der Waals surface area contributed by atoms with Gasteiger partial charge in [0.05, 0.1) is 36.8 Å². The van der Waals surface area contributed by atoms with Gasteiger partial charge in [0.15, 0.2) is 0 Å². The van der Waals surface area contributed by atoms with Crippen molar-refractivity contribution in [2.45, 2.75) is 18.8 Å². The van der Waals surface area contributed by atoms with Crippen molar-refractivity contribution < 1.29 is 35.4 Å². The van der Waals surface area contributed by atoms with E-state index < -0.39 is 20.2 Å². The number of hydrogen-bond donors (Lipinski definition) is 3. The van der Waals surface area contributed by atoms with Gasteiger partial charge in [0, 0.05) is 31.7 Å². The van der Waals surface area contributed by atoms with Crippen molar-refractivity contribution in [3.63, 3.8) is 0 Å². The average molecular weight is 542 g/mol. The van der Waals surface area contributed by atoms with Crippen LogP contribution in [0.3, 0.4) is 0 Å². The Labute approximate surface area is 212 Å². The maximum Gasteiger partial charge on any atom is 0.261 e. The quantitative estimate of drug-likeness (QED) is 0.480. The van der Waals surface area contributed by atoms with E-state index in [0.717, 1.165) is 37.5 Å². The van der Waals surface area contributed by atoms with Gasteiger partial charge in [-0.25, -0.2) is 0 Å². The predicted molar refractivity (Wildman–Crippen MR) is 134 cm³/mol. The highest BCUT2D eigenvalue weighted by Crippen LogP contribution is 2.37. The van der Waals surface area contributed by atoms with E-state index in [-0.39, 0.29) is 12.1 Å². The Morgan fingerprint density at radius 2 is 1.67 bits per heavy atom. The Kier molecular flexibility index (Phi) is 11.3. The first-order valence-electron chi connectivity index (χ1n) is 11.0. The van der Waals surface area contributed by atoms with Crippen LogP contribution in [0.25, 0.3) is 0 Å². The van der Waals surface area contributed by atoms with Crippen molar-refractivity contribution in [3.8, 4) is 11.8 Å². The molecule has 1 saturated heterocycles. The molecule has 11 nitrogen and oxygen atoms in total. The van der Waals surface area contributed by atoms with Crippen LogP contribution in [0.4, 0.5) is 0 Å². The SMILES string of the molecule is CS(=O)(=O)O.CS(=O)(=O)O.N#Cc1cccc(COC2COc3ccccc3C2N2CCNCC2)c1. The fourth-order valence-corrected chi connectivity index (χ4v) is 3.78. The number of piperazine rings is 1. The Balaban J connectivity index is 0.000000389. The third kappa shape index (κ3) is 11.4. The van der Waals surface area contributed by atoms with Crippen molar-refractivity contribution in [2.24, 2.45) is 0 Å². The van der Waals surface area contributed by atoms with Crippen LogP contribution < -0.4 is 10.1 Å². The molecule has 2 aromatic carbocycles. The molecule has 198 valence electrons. The number of nitrogens with zero attached hydrogens (tertiary/aromatic N) is 2. The van der Waals surface area contributed by atoms with E-state index in [2.05, 4.69) is 28.4 Å². The standard InChI is InChI=1S/C21H23N3O2.2CH4O3S/c22-13-16-4-3-5-17(12-16)14-25-20-15-26-19-7-2-1-6-18(19)21(20)24-10-8-23-9-11-24;2*1-5(2,3)4/h1-7,12,20-21,23H,8-11,14-15H2;2*1H3,(H,2,3,4). The molecule has 4 rings (SSSR count). The lowest BCUT2D eigenvalue weighted by atomic mass is 9.95. The van der Waals surface area contributed by atoms with Crippen LogP contribution in [-0.4, -0.2) is 82.2 Å². The molecule has 0 aliphatic carbocycles. The highest BCUT2D eigenvalue weighted by atomic mass is 32.2. The first-order valence-corrected chi connectivity index (χ1v) is 14.7. The molecule has 2 aromatic rings. The van der Waals surface area contributed by atoms with Crippen LogP contribution >= 0.6 is 0 Å². The molecule has 2 unspecified atom stereocenters. The predicted octanol–water partition coefficient (Wildman–Crippen LogP) is 1.49. The van der Waals surface area contributed by atoms with Crippen molar-refractivity contribution >= 4 is 20.2 Å². The molecule has 2 aliphatic heterocycles. The number of benzene rings is 2. The summed E-state index contributed by atoms with van der Waals surface area (Å²) in [7, 11) is -7.33. The first kappa shape index (κ1) is 29.7. The normalized spacial score (nSPS) is 19.8. The molecular weight excluding hydrogens is 510 g/mol. The monoisotopic (exact) mass is 541 g/mol. The highest BCUT2D eigenvalue weighted by molar-refractivity contribution is 7.85. The van der Waals surface area contributed by atoms with E-state index in [1.165, 1.54) is 5.56 Å². The number of para-hydroxylation sites is 1. The van der Waals surface area contributed by atoms with Crippen LogP contribution in [0.2, 0.25) is 0 Å². The molecule has 36 heavy (non-hydrogen) atoms. The van der Waals surface area contributed by atoms with E-state index in [0.29, 0.717) is 31.3 Å². The van der Waals surface area contributed by atoms with Crippen molar-refractivity contribution in [1.29, 1.82) is 5.26 Å². The lowest BCUT2D eigenvalue weighted by Crippen LogP contribution is -2.51. The molecule has 0 bridgehead atoms. The van der Waals surface area contributed by atoms with Crippen LogP contribution in [0.15, 0.2) is 48.5 Å². The van der Waals surface area contributed by atoms with Gasteiger partial charge in [-0.05, 0) is 23.8 Å². The number of nitrogens with one attached hydrogen (secondary N) is 1. The van der Waals surface area contributed by atoms with E-state index in [1.54, 1.807) is 0 Å². The Hall–Kier alpha value is -2.57. The summed E-state index contributed by atoms with van der Waals surface area (Å²) < 4.78 is 64.0. The lowest BCUT2D eigenvalue weighted by molar-refractivity contribution is -0.0617. The molecular formula is C23H31N3O8S2. The van der Waals surface area contributed by atoms with Crippen LogP contribution in [0.1, 0.15) is 22.7 Å². The largest absolute Gasteiger partial charge is 0.490 e. The zero-order valence-electron chi connectivity index (χ0n) is 20.1. The van der Waals surface area contributed by atoms with Crippen LogP contribution in [0, 0.1) is 11.3 Å².